The highest BCUT2D eigenvalue weighted by Crippen LogP contribution is 2.28. The number of alkyl halides is 3. The molecule has 0 unspecified atom stereocenters. The van der Waals surface area contributed by atoms with Crippen LogP contribution in [0.25, 0.3) is 10.9 Å². The van der Waals surface area contributed by atoms with Crippen molar-refractivity contribution in [1.29, 1.82) is 0 Å². The summed E-state index contributed by atoms with van der Waals surface area (Å²) < 4.78 is 40.0. The van der Waals surface area contributed by atoms with Crippen molar-refractivity contribution in [1.82, 2.24) is 9.55 Å². The molecule has 1 aromatic carbocycles. The van der Waals surface area contributed by atoms with Crippen LogP contribution < -0.4 is 0 Å². The summed E-state index contributed by atoms with van der Waals surface area (Å²) in [5.74, 6) is -1.81. The number of halogens is 3. The van der Waals surface area contributed by atoms with Crippen LogP contribution in [0.3, 0.4) is 0 Å². The van der Waals surface area contributed by atoms with Gasteiger partial charge in [0.15, 0.2) is 0 Å². The van der Waals surface area contributed by atoms with Crippen LogP contribution in [0.2, 0.25) is 0 Å². The number of Topliss-reactive ketones (excluding diaryl/α,β-unsaturated/α-hetero) is 1. The average molecular weight is 318 g/mol. The fourth-order valence-electron chi connectivity index (χ4n) is 2.56. The van der Waals surface area contributed by atoms with Gasteiger partial charge in [-0.3, -0.25) is 9.78 Å². The standard InChI is InChI=1S/C17H13F3N2O/c18-17(19,20)16(23)14-11-22(15-4-2-1-3-13(14)15)10-7-12-5-8-21-9-6-12/h1-6,8-9,11H,7,10H2. The highest BCUT2D eigenvalue weighted by Gasteiger charge is 2.40. The van der Waals surface area contributed by atoms with Crippen molar-refractivity contribution in [2.75, 3.05) is 0 Å². The minimum absolute atomic E-state index is 0.303. The third kappa shape index (κ3) is 3.11. The first-order valence-corrected chi connectivity index (χ1v) is 7.05. The molecule has 118 valence electrons. The number of fused-ring (bicyclic) bond motifs is 1. The van der Waals surface area contributed by atoms with E-state index < -0.39 is 12.0 Å². The number of carbonyl (C=O) groups excluding carboxylic acids is 1. The van der Waals surface area contributed by atoms with Gasteiger partial charge in [0.05, 0.1) is 5.56 Å². The van der Waals surface area contributed by atoms with Crippen molar-refractivity contribution in [2.24, 2.45) is 0 Å². The zero-order chi connectivity index (χ0) is 16.4. The first-order valence-electron chi connectivity index (χ1n) is 7.05. The molecule has 3 nitrogen and oxygen atoms in total. The van der Waals surface area contributed by atoms with Gasteiger partial charge >= 0.3 is 6.18 Å². The molecule has 0 spiro atoms. The largest absolute Gasteiger partial charge is 0.454 e. The number of rotatable bonds is 4. The summed E-state index contributed by atoms with van der Waals surface area (Å²) in [5.41, 5.74) is 1.35. The average Bonchev–Trinajstić information content (AvgIpc) is 2.91. The summed E-state index contributed by atoms with van der Waals surface area (Å²) >= 11 is 0. The summed E-state index contributed by atoms with van der Waals surface area (Å²) in [7, 11) is 0. The Bertz CT molecular complexity index is 838. The molecular weight excluding hydrogens is 305 g/mol. The lowest BCUT2D eigenvalue weighted by atomic mass is 10.1. The van der Waals surface area contributed by atoms with E-state index in [0.29, 0.717) is 23.9 Å². The Morgan fingerprint density at radius 3 is 2.48 bits per heavy atom. The molecule has 2 aromatic heterocycles. The second kappa shape index (κ2) is 5.87. The first-order chi connectivity index (χ1) is 11.0. The van der Waals surface area contributed by atoms with E-state index in [2.05, 4.69) is 4.98 Å². The van der Waals surface area contributed by atoms with E-state index in [1.807, 2.05) is 12.1 Å². The molecule has 2 heterocycles. The number of carbonyl (C=O) groups is 1. The summed E-state index contributed by atoms with van der Waals surface area (Å²) in [6.07, 6.45) is 0.395. The number of pyridine rings is 1. The Morgan fingerprint density at radius 1 is 1.09 bits per heavy atom. The SMILES string of the molecule is O=C(c1cn(CCc2ccncc2)c2ccccc12)C(F)(F)F. The van der Waals surface area contributed by atoms with Crippen LogP contribution in [0, 0.1) is 0 Å². The van der Waals surface area contributed by atoms with Crippen molar-refractivity contribution in [2.45, 2.75) is 19.1 Å². The topological polar surface area (TPSA) is 34.9 Å². The third-order valence-electron chi connectivity index (χ3n) is 3.68. The molecule has 0 bridgehead atoms. The Labute approximate surface area is 130 Å². The molecule has 3 rings (SSSR count). The van der Waals surface area contributed by atoms with Gasteiger partial charge in [-0.1, -0.05) is 18.2 Å². The maximum absolute atomic E-state index is 12.8. The van der Waals surface area contributed by atoms with Gasteiger partial charge in [-0.25, -0.2) is 0 Å². The number of benzene rings is 1. The van der Waals surface area contributed by atoms with Crippen LogP contribution in [-0.4, -0.2) is 21.5 Å². The number of nitrogens with zero attached hydrogens (tertiary/aromatic N) is 2. The highest BCUT2D eigenvalue weighted by atomic mass is 19.4. The Balaban J connectivity index is 1.96. The predicted octanol–water partition coefficient (Wildman–Crippen LogP) is 4.02. The number of ketones is 1. The molecular formula is C17H13F3N2O. The smallest absolute Gasteiger partial charge is 0.346 e. The van der Waals surface area contributed by atoms with Crippen LogP contribution in [0.4, 0.5) is 13.2 Å². The van der Waals surface area contributed by atoms with Gasteiger partial charge in [0, 0.05) is 36.0 Å². The highest BCUT2D eigenvalue weighted by molar-refractivity contribution is 6.10. The number of hydrogen-bond acceptors (Lipinski definition) is 2. The molecule has 0 radical (unpaired) electrons. The summed E-state index contributed by atoms with van der Waals surface area (Å²) in [6.45, 7) is 0.482. The number of aromatic nitrogens is 2. The Morgan fingerprint density at radius 2 is 1.78 bits per heavy atom. The van der Waals surface area contributed by atoms with Crippen molar-refractivity contribution in [3.8, 4) is 0 Å². The molecule has 0 N–H and O–H groups in total. The van der Waals surface area contributed by atoms with Crippen LogP contribution >= 0.6 is 0 Å². The summed E-state index contributed by atoms with van der Waals surface area (Å²) in [5, 5.41) is 0.324. The second-order valence-electron chi connectivity index (χ2n) is 5.19. The molecule has 0 fully saturated rings. The lowest BCUT2D eigenvalue weighted by Gasteiger charge is -2.05. The lowest BCUT2D eigenvalue weighted by Crippen LogP contribution is -2.22. The maximum Gasteiger partial charge on any atom is 0.454 e. The summed E-state index contributed by atoms with van der Waals surface area (Å²) in [6, 6.07) is 10.3. The van der Waals surface area contributed by atoms with E-state index in [-0.39, 0.29) is 5.56 Å². The molecule has 3 aromatic rings. The summed E-state index contributed by atoms with van der Waals surface area (Å²) in [4.78, 5) is 15.5. The number of para-hydroxylation sites is 1. The number of aryl methyl sites for hydroxylation is 2. The van der Waals surface area contributed by atoms with E-state index in [9.17, 15) is 18.0 Å². The Hall–Kier alpha value is -2.63. The fourth-order valence-corrected chi connectivity index (χ4v) is 2.56. The molecule has 23 heavy (non-hydrogen) atoms. The molecule has 0 saturated carbocycles. The maximum atomic E-state index is 12.8. The van der Waals surface area contributed by atoms with Crippen LogP contribution in [0.1, 0.15) is 15.9 Å². The molecule has 0 aliphatic rings. The third-order valence-corrected chi connectivity index (χ3v) is 3.68. The van der Waals surface area contributed by atoms with Crippen molar-refractivity contribution in [3.05, 3.63) is 66.1 Å². The van der Waals surface area contributed by atoms with E-state index in [4.69, 9.17) is 0 Å². The molecule has 0 amide bonds. The number of hydrogen-bond donors (Lipinski definition) is 0. The van der Waals surface area contributed by atoms with Gasteiger partial charge in [-0.05, 0) is 30.2 Å². The van der Waals surface area contributed by atoms with Gasteiger partial charge < -0.3 is 4.57 Å². The molecule has 0 aliphatic carbocycles. The molecule has 6 heteroatoms. The van der Waals surface area contributed by atoms with E-state index >= 15 is 0 Å². The van der Waals surface area contributed by atoms with E-state index in [1.165, 1.54) is 12.3 Å². The van der Waals surface area contributed by atoms with Crippen LogP contribution in [0.5, 0.6) is 0 Å². The van der Waals surface area contributed by atoms with Crippen molar-refractivity contribution in [3.63, 3.8) is 0 Å². The van der Waals surface area contributed by atoms with Crippen LogP contribution in [-0.2, 0) is 13.0 Å². The molecule has 0 atom stereocenters. The molecule has 0 aliphatic heterocycles. The van der Waals surface area contributed by atoms with E-state index in [0.717, 1.165) is 5.56 Å². The lowest BCUT2D eigenvalue weighted by molar-refractivity contribution is -0.0884. The van der Waals surface area contributed by atoms with Crippen molar-refractivity contribution < 1.29 is 18.0 Å². The Kier molecular flexibility index (Phi) is 3.90. The van der Waals surface area contributed by atoms with Gasteiger partial charge in [0.1, 0.15) is 0 Å². The zero-order valence-corrected chi connectivity index (χ0v) is 12.0. The normalized spacial score (nSPS) is 11.8. The van der Waals surface area contributed by atoms with E-state index in [1.54, 1.807) is 35.2 Å². The predicted molar refractivity (Wildman–Crippen MR) is 80.3 cm³/mol. The second-order valence-corrected chi connectivity index (χ2v) is 5.19. The van der Waals surface area contributed by atoms with Gasteiger partial charge in [0.25, 0.3) is 5.78 Å². The van der Waals surface area contributed by atoms with Gasteiger partial charge in [-0.15, -0.1) is 0 Å². The first kappa shape index (κ1) is 15.3. The minimum Gasteiger partial charge on any atom is -0.346 e. The van der Waals surface area contributed by atoms with Gasteiger partial charge in [-0.2, -0.15) is 13.2 Å². The monoisotopic (exact) mass is 318 g/mol. The molecule has 0 saturated heterocycles. The quantitative estimate of drug-likeness (QED) is 0.681. The van der Waals surface area contributed by atoms with Crippen LogP contribution in [0.15, 0.2) is 55.0 Å². The van der Waals surface area contributed by atoms with Gasteiger partial charge in [0.2, 0.25) is 0 Å². The zero-order valence-electron chi connectivity index (χ0n) is 12.0. The van der Waals surface area contributed by atoms with Crippen molar-refractivity contribution >= 4 is 16.7 Å². The fraction of sp³-hybridized carbons (Fsp3) is 0.176. The minimum atomic E-state index is -4.87.